The van der Waals surface area contributed by atoms with Crippen molar-refractivity contribution >= 4 is 44.5 Å². The number of hydrogen-bond acceptors (Lipinski definition) is 5. The molecule has 4 nitrogen and oxygen atoms in total. The fraction of sp³-hybridized carbons (Fsp3) is 0.0909. The number of benzene rings is 3. The van der Waals surface area contributed by atoms with E-state index in [0.29, 0.717) is 11.5 Å². The van der Waals surface area contributed by atoms with Gasteiger partial charge in [-0.1, -0.05) is 42.5 Å². The molecular weight excluding hydrogens is 356 g/mol. The molecule has 0 atom stereocenters. The Bertz CT molecular complexity index is 1190. The predicted octanol–water partition coefficient (Wildman–Crippen LogP) is 5.53. The highest BCUT2D eigenvalue weighted by atomic mass is 32.1. The van der Waals surface area contributed by atoms with Crippen LogP contribution in [0.5, 0.6) is 11.5 Å². The summed E-state index contributed by atoms with van der Waals surface area (Å²) in [5.74, 6) is 1.16. The number of methoxy groups -OCH3 is 1. The van der Waals surface area contributed by atoms with Gasteiger partial charge in [-0.2, -0.15) is 5.26 Å². The van der Waals surface area contributed by atoms with Gasteiger partial charge < -0.3 is 9.47 Å². The van der Waals surface area contributed by atoms with Crippen molar-refractivity contribution in [1.82, 2.24) is 4.98 Å². The van der Waals surface area contributed by atoms with E-state index in [4.69, 9.17) is 19.7 Å². The molecule has 1 heterocycles. The van der Waals surface area contributed by atoms with Crippen molar-refractivity contribution in [2.75, 3.05) is 13.7 Å². The number of nitrogens with zero attached hydrogens (tertiary/aromatic N) is 2. The normalized spacial score (nSPS) is 11.1. The smallest absolute Gasteiger partial charge is 0.174 e. The van der Waals surface area contributed by atoms with Crippen molar-refractivity contribution in [1.29, 1.82) is 5.26 Å². The zero-order valence-electron chi connectivity index (χ0n) is 14.7. The van der Waals surface area contributed by atoms with Gasteiger partial charge in [-0.25, -0.2) is 4.98 Å². The largest absolute Gasteiger partial charge is 0.493 e. The lowest BCUT2D eigenvalue weighted by Gasteiger charge is -2.08. The van der Waals surface area contributed by atoms with E-state index in [9.17, 15) is 0 Å². The predicted molar refractivity (Wildman–Crippen MR) is 110 cm³/mol. The lowest BCUT2D eigenvalue weighted by atomic mass is 10.1. The van der Waals surface area contributed by atoms with Gasteiger partial charge >= 0.3 is 0 Å². The zero-order valence-corrected chi connectivity index (χ0v) is 15.5. The Labute approximate surface area is 160 Å². The highest BCUT2D eigenvalue weighted by molar-refractivity contribution is 7.19. The lowest BCUT2D eigenvalue weighted by Crippen LogP contribution is -1.96. The molecule has 0 N–H and O–H groups in total. The summed E-state index contributed by atoms with van der Waals surface area (Å²) in [6, 6.07) is 20.1. The minimum absolute atomic E-state index is 0.00872. The Morgan fingerprint density at radius 2 is 1.96 bits per heavy atom. The minimum atomic E-state index is -0.00872. The Balaban J connectivity index is 1.64. The quantitative estimate of drug-likeness (QED) is 0.462. The monoisotopic (exact) mass is 372 g/mol. The molecule has 27 heavy (non-hydrogen) atoms. The zero-order chi connectivity index (χ0) is 18.6. The van der Waals surface area contributed by atoms with Crippen molar-refractivity contribution in [2.24, 2.45) is 0 Å². The van der Waals surface area contributed by atoms with Gasteiger partial charge in [0, 0.05) is 5.39 Å². The number of rotatable bonds is 5. The van der Waals surface area contributed by atoms with Crippen LogP contribution < -0.4 is 9.47 Å². The van der Waals surface area contributed by atoms with E-state index in [2.05, 4.69) is 24.3 Å². The molecule has 0 radical (unpaired) electrons. The maximum absolute atomic E-state index is 8.65. The second-order valence-electron chi connectivity index (χ2n) is 5.88. The molecule has 132 valence electrons. The van der Waals surface area contributed by atoms with Gasteiger partial charge in [-0.05, 0) is 35.2 Å². The van der Waals surface area contributed by atoms with Crippen LogP contribution in [0.2, 0.25) is 0 Å². The summed E-state index contributed by atoms with van der Waals surface area (Å²) >= 11 is 1.67. The minimum Gasteiger partial charge on any atom is -0.493 e. The number of fused-ring (bicyclic) bond motifs is 3. The first-order valence-corrected chi connectivity index (χ1v) is 9.24. The molecule has 0 spiro atoms. The van der Waals surface area contributed by atoms with E-state index in [1.807, 2.05) is 48.6 Å². The summed E-state index contributed by atoms with van der Waals surface area (Å²) in [6.45, 7) is -0.00872. The third kappa shape index (κ3) is 3.48. The summed E-state index contributed by atoms with van der Waals surface area (Å²) in [6.07, 6.45) is 4.00. The van der Waals surface area contributed by atoms with Gasteiger partial charge in [0.15, 0.2) is 18.1 Å². The van der Waals surface area contributed by atoms with Crippen molar-refractivity contribution in [3.63, 3.8) is 0 Å². The molecule has 0 unspecified atom stereocenters. The third-order valence-corrected chi connectivity index (χ3v) is 5.18. The molecule has 0 aliphatic heterocycles. The number of thiazole rings is 1. The second kappa shape index (κ2) is 7.48. The first kappa shape index (κ1) is 17.1. The summed E-state index contributed by atoms with van der Waals surface area (Å²) in [7, 11) is 1.58. The van der Waals surface area contributed by atoms with Crippen LogP contribution in [-0.4, -0.2) is 18.7 Å². The highest BCUT2D eigenvalue weighted by Crippen LogP contribution is 2.31. The van der Waals surface area contributed by atoms with Crippen LogP contribution in [0.25, 0.3) is 33.1 Å². The molecule has 5 heteroatoms. The van der Waals surface area contributed by atoms with Crippen LogP contribution in [0.4, 0.5) is 0 Å². The molecular formula is C22H16N2O2S. The molecule has 0 fully saturated rings. The van der Waals surface area contributed by atoms with E-state index in [1.54, 1.807) is 18.4 Å². The summed E-state index contributed by atoms with van der Waals surface area (Å²) < 4.78 is 11.9. The van der Waals surface area contributed by atoms with Crippen molar-refractivity contribution in [2.45, 2.75) is 0 Å². The Morgan fingerprint density at radius 3 is 2.81 bits per heavy atom. The molecule has 3 aromatic carbocycles. The lowest BCUT2D eigenvalue weighted by molar-refractivity contribution is 0.329. The van der Waals surface area contributed by atoms with E-state index < -0.39 is 0 Å². The van der Waals surface area contributed by atoms with Crippen molar-refractivity contribution in [3.8, 4) is 17.6 Å². The Kier molecular flexibility index (Phi) is 4.73. The fourth-order valence-corrected chi connectivity index (χ4v) is 3.82. The highest BCUT2D eigenvalue weighted by Gasteiger charge is 2.07. The van der Waals surface area contributed by atoms with Crippen LogP contribution in [0, 0.1) is 11.3 Å². The maximum atomic E-state index is 8.65. The number of ether oxygens (including phenoxy) is 2. The van der Waals surface area contributed by atoms with Gasteiger partial charge in [0.1, 0.15) is 11.1 Å². The summed E-state index contributed by atoms with van der Waals surface area (Å²) in [4.78, 5) is 4.80. The topological polar surface area (TPSA) is 55.1 Å². The van der Waals surface area contributed by atoms with Gasteiger partial charge in [0.25, 0.3) is 0 Å². The molecule has 0 amide bonds. The summed E-state index contributed by atoms with van der Waals surface area (Å²) in [5, 5.41) is 12.0. The maximum Gasteiger partial charge on any atom is 0.174 e. The van der Waals surface area contributed by atoms with E-state index in [1.165, 1.54) is 15.5 Å². The first-order valence-electron chi connectivity index (χ1n) is 8.42. The molecule has 4 aromatic rings. The second-order valence-corrected chi connectivity index (χ2v) is 6.94. The van der Waals surface area contributed by atoms with Crippen LogP contribution in [0.15, 0.2) is 54.6 Å². The molecule has 1 aromatic heterocycles. The van der Waals surface area contributed by atoms with Gasteiger partial charge in [-0.15, -0.1) is 11.3 Å². The SMILES string of the molecule is COc1cc(/C=C\c2nc3c(ccc4ccccc43)s2)ccc1OCC#N. The molecule has 0 aliphatic rings. The van der Waals surface area contributed by atoms with E-state index in [0.717, 1.165) is 16.1 Å². The van der Waals surface area contributed by atoms with Crippen LogP contribution >= 0.6 is 11.3 Å². The molecule has 0 saturated carbocycles. The van der Waals surface area contributed by atoms with Crippen molar-refractivity contribution in [3.05, 3.63) is 65.2 Å². The van der Waals surface area contributed by atoms with E-state index in [-0.39, 0.29) is 6.61 Å². The molecule has 4 rings (SSSR count). The van der Waals surface area contributed by atoms with Gasteiger partial charge in [0.2, 0.25) is 0 Å². The average molecular weight is 372 g/mol. The summed E-state index contributed by atoms with van der Waals surface area (Å²) in [5.41, 5.74) is 2.01. The van der Waals surface area contributed by atoms with E-state index >= 15 is 0 Å². The average Bonchev–Trinajstić information content (AvgIpc) is 3.14. The fourth-order valence-electron chi connectivity index (χ4n) is 2.93. The van der Waals surface area contributed by atoms with Crippen LogP contribution in [0.1, 0.15) is 10.6 Å². The Hall–Kier alpha value is -3.36. The van der Waals surface area contributed by atoms with Crippen LogP contribution in [0.3, 0.4) is 0 Å². The number of hydrogen-bond donors (Lipinski definition) is 0. The number of aromatic nitrogens is 1. The number of nitriles is 1. The molecule has 0 aliphatic carbocycles. The van der Waals surface area contributed by atoms with Gasteiger partial charge in [-0.3, -0.25) is 0 Å². The van der Waals surface area contributed by atoms with Crippen LogP contribution in [-0.2, 0) is 0 Å². The first-order chi connectivity index (χ1) is 13.3. The van der Waals surface area contributed by atoms with Gasteiger partial charge in [0.05, 0.1) is 17.3 Å². The molecule has 0 saturated heterocycles. The Morgan fingerprint density at radius 1 is 1.07 bits per heavy atom. The molecule has 0 bridgehead atoms. The van der Waals surface area contributed by atoms with Crippen molar-refractivity contribution < 1.29 is 9.47 Å². The standard InChI is InChI=1S/C22H16N2O2S/c1-25-19-14-15(6-9-18(19)26-13-12-23)7-11-21-24-22-17-5-3-2-4-16(17)8-10-20(22)27-21/h2-11,14H,13H2,1H3/b11-7-. The third-order valence-electron chi connectivity index (χ3n) is 4.20.